The van der Waals surface area contributed by atoms with Crippen LogP contribution in [0.3, 0.4) is 0 Å². The van der Waals surface area contributed by atoms with Gasteiger partial charge in [0.05, 0.1) is 7.11 Å². The minimum absolute atomic E-state index is 0.0482. The second-order valence-electron chi connectivity index (χ2n) is 5.44. The molecule has 0 fully saturated rings. The van der Waals surface area contributed by atoms with E-state index in [-0.39, 0.29) is 12.1 Å². The quantitative estimate of drug-likeness (QED) is 0.885. The molecule has 2 aromatic carbocycles. The van der Waals surface area contributed by atoms with Crippen molar-refractivity contribution in [2.45, 2.75) is 25.6 Å². The molecule has 0 radical (unpaired) electrons. The Hall–Kier alpha value is -1.84. The van der Waals surface area contributed by atoms with Crippen LogP contribution in [-0.2, 0) is 6.54 Å². The van der Waals surface area contributed by atoms with Gasteiger partial charge >= 0.3 is 0 Å². The molecule has 21 heavy (non-hydrogen) atoms. The largest absolute Gasteiger partial charge is 0.496 e. The molecular weight excluding hydrogens is 260 g/mol. The topological polar surface area (TPSA) is 38.5 Å². The molecule has 112 valence electrons. The van der Waals surface area contributed by atoms with Gasteiger partial charge in [-0.2, -0.15) is 0 Å². The maximum absolute atomic E-state index is 6.22. The van der Waals surface area contributed by atoms with Crippen LogP contribution in [0, 0.1) is 0 Å². The predicted octanol–water partition coefficient (Wildman–Crippen LogP) is 3.22. The highest BCUT2D eigenvalue weighted by Gasteiger charge is 2.21. The molecule has 0 spiro atoms. The van der Waals surface area contributed by atoms with Crippen molar-refractivity contribution in [3.63, 3.8) is 0 Å². The minimum atomic E-state index is 0.0482. The molecule has 0 bridgehead atoms. The van der Waals surface area contributed by atoms with Crippen molar-refractivity contribution in [3.05, 3.63) is 65.7 Å². The fourth-order valence-electron chi connectivity index (χ4n) is 2.81. The normalized spacial score (nSPS) is 14.0. The maximum atomic E-state index is 6.22. The van der Waals surface area contributed by atoms with E-state index >= 15 is 0 Å². The molecule has 0 aliphatic rings. The number of rotatable bonds is 6. The van der Waals surface area contributed by atoms with Crippen LogP contribution >= 0.6 is 0 Å². The molecular formula is C18H24N2O. The first kappa shape index (κ1) is 15.5. The van der Waals surface area contributed by atoms with Crippen LogP contribution in [0.25, 0.3) is 0 Å². The lowest BCUT2D eigenvalue weighted by atomic mass is 9.99. The van der Waals surface area contributed by atoms with Crippen LogP contribution in [-0.4, -0.2) is 25.1 Å². The smallest absolute Gasteiger partial charge is 0.123 e. The molecule has 0 aromatic heterocycles. The lowest BCUT2D eigenvalue weighted by molar-refractivity contribution is 0.208. The Labute approximate surface area is 127 Å². The fraction of sp³-hybridized carbons (Fsp3) is 0.333. The zero-order valence-electron chi connectivity index (χ0n) is 13.0. The lowest BCUT2D eigenvalue weighted by Crippen LogP contribution is -2.37. The molecule has 0 aliphatic carbocycles. The summed E-state index contributed by atoms with van der Waals surface area (Å²) in [6.45, 7) is 2.85. The number of benzene rings is 2. The van der Waals surface area contributed by atoms with Crippen LogP contribution in [0.2, 0.25) is 0 Å². The highest BCUT2D eigenvalue weighted by molar-refractivity contribution is 5.33. The molecule has 2 atom stereocenters. The Balaban J connectivity index is 2.22. The first-order valence-corrected chi connectivity index (χ1v) is 7.26. The number of nitrogens with two attached hydrogens (primary N) is 1. The summed E-state index contributed by atoms with van der Waals surface area (Å²) in [6, 6.07) is 18.7. The van der Waals surface area contributed by atoms with Gasteiger partial charge in [-0.15, -0.1) is 0 Å². The number of methoxy groups -OCH3 is 1. The van der Waals surface area contributed by atoms with Crippen LogP contribution in [0.15, 0.2) is 54.6 Å². The van der Waals surface area contributed by atoms with E-state index in [1.165, 1.54) is 11.1 Å². The van der Waals surface area contributed by atoms with Crippen LogP contribution in [0.1, 0.15) is 24.1 Å². The van der Waals surface area contributed by atoms with Crippen molar-refractivity contribution in [2.24, 2.45) is 5.73 Å². The van der Waals surface area contributed by atoms with Gasteiger partial charge in [0.15, 0.2) is 0 Å². The van der Waals surface area contributed by atoms with E-state index in [0.717, 1.165) is 12.3 Å². The van der Waals surface area contributed by atoms with Gasteiger partial charge in [0.1, 0.15) is 5.75 Å². The Morgan fingerprint density at radius 2 is 1.67 bits per heavy atom. The van der Waals surface area contributed by atoms with Crippen molar-refractivity contribution in [1.82, 2.24) is 4.90 Å². The molecule has 2 aromatic rings. The van der Waals surface area contributed by atoms with Crippen LogP contribution in [0.5, 0.6) is 5.75 Å². The SMILES string of the molecule is COc1ccccc1CN(C)C(c1ccccc1)C(C)N. The molecule has 0 saturated carbocycles. The predicted molar refractivity (Wildman–Crippen MR) is 87.3 cm³/mol. The second-order valence-corrected chi connectivity index (χ2v) is 5.44. The Morgan fingerprint density at radius 3 is 2.29 bits per heavy atom. The van der Waals surface area contributed by atoms with Crippen molar-refractivity contribution < 1.29 is 4.74 Å². The summed E-state index contributed by atoms with van der Waals surface area (Å²) in [5.74, 6) is 0.917. The third-order valence-corrected chi connectivity index (χ3v) is 3.73. The average Bonchev–Trinajstić information content (AvgIpc) is 2.48. The summed E-state index contributed by atoms with van der Waals surface area (Å²) < 4.78 is 5.43. The zero-order chi connectivity index (χ0) is 15.2. The monoisotopic (exact) mass is 284 g/mol. The molecule has 2 rings (SSSR count). The van der Waals surface area contributed by atoms with Gasteiger partial charge in [-0.05, 0) is 25.6 Å². The number of nitrogens with zero attached hydrogens (tertiary/aromatic N) is 1. The van der Waals surface area contributed by atoms with Crippen molar-refractivity contribution in [1.29, 1.82) is 0 Å². The summed E-state index contributed by atoms with van der Waals surface area (Å²) in [5, 5.41) is 0. The second kappa shape index (κ2) is 7.25. The summed E-state index contributed by atoms with van der Waals surface area (Å²) in [4.78, 5) is 2.28. The van der Waals surface area contributed by atoms with Gasteiger partial charge < -0.3 is 10.5 Å². The van der Waals surface area contributed by atoms with Crippen molar-refractivity contribution in [3.8, 4) is 5.75 Å². The first-order chi connectivity index (χ1) is 10.1. The highest BCUT2D eigenvalue weighted by Crippen LogP contribution is 2.26. The minimum Gasteiger partial charge on any atom is -0.496 e. The van der Waals surface area contributed by atoms with E-state index in [0.29, 0.717) is 0 Å². The molecule has 2 N–H and O–H groups in total. The molecule has 0 amide bonds. The summed E-state index contributed by atoms with van der Waals surface area (Å²) >= 11 is 0. The summed E-state index contributed by atoms with van der Waals surface area (Å²) in [7, 11) is 3.81. The van der Waals surface area contributed by atoms with E-state index in [9.17, 15) is 0 Å². The van der Waals surface area contributed by atoms with E-state index < -0.39 is 0 Å². The Kier molecular flexibility index (Phi) is 5.37. The van der Waals surface area contributed by atoms with Crippen molar-refractivity contribution >= 4 is 0 Å². The first-order valence-electron chi connectivity index (χ1n) is 7.26. The van der Waals surface area contributed by atoms with Crippen LogP contribution < -0.4 is 10.5 Å². The van der Waals surface area contributed by atoms with Crippen molar-refractivity contribution in [2.75, 3.05) is 14.2 Å². The van der Waals surface area contributed by atoms with E-state index in [1.54, 1.807) is 7.11 Å². The zero-order valence-corrected chi connectivity index (χ0v) is 13.0. The van der Waals surface area contributed by atoms with Gasteiger partial charge in [-0.25, -0.2) is 0 Å². The van der Waals surface area contributed by atoms with Gasteiger partial charge in [-0.1, -0.05) is 48.5 Å². The molecule has 0 heterocycles. The Morgan fingerprint density at radius 1 is 1.05 bits per heavy atom. The molecule has 3 heteroatoms. The van der Waals surface area contributed by atoms with E-state index in [1.807, 2.05) is 24.3 Å². The Bertz CT molecular complexity index is 554. The molecule has 0 aliphatic heterocycles. The number of hydrogen-bond acceptors (Lipinski definition) is 3. The maximum Gasteiger partial charge on any atom is 0.123 e. The van der Waals surface area contributed by atoms with Gasteiger partial charge in [-0.3, -0.25) is 4.90 Å². The van der Waals surface area contributed by atoms with E-state index in [4.69, 9.17) is 10.5 Å². The fourth-order valence-corrected chi connectivity index (χ4v) is 2.81. The summed E-state index contributed by atoms with van der Waals surface area (Å²) in [5.41, 5.74) is 8.63. The van der Waals surface area contributed by atoms with Gasteiger partial charge in [0, 0.05) is 24.2 Å². The summed E-state index contributed by atoms with van der Waals surface area (Å²) in [6.07, 6.45) is 0. The number of likely N-dealkylation sites (N-methyl/N-ethyl adjacent to an activating group) is 1. The van der Waals surface area contributed by atoms with Gasteiger partial charge in [0.25, 0.3) is 0 Å². The number of hydrogen-bond donors (Lipinski definition) is 1. The number of para-hydroxylation sites is 1. The van der Waals surface area contributed by atoms with Gasteiger partial charge in [0.2, 0.25) is 0 Å². The molecule has 0 saturated heterocycles. The highest BCUT2D eigenvalue weighted by atomic mass is 16.5. The molecule has 3 nitrogen and oxygen atoms in total. The molecule has 2 unspecified atom stereocenters. The van der Waals surface area contributed by atoms with E-state index in [2.05, 4.69) is 49.2 Å². The standard InChI is InChI=1S/C18H24N2O/c1-14(19)18(15-9-5-4-6-10-15)20(2)13-16-11-7-8-12-17(16)21-3/h4-12,14,18H,13,19H2,1-3H3. The number of ether oxygens (including phenoxy) is 1. The average molecular weight is 284 g/mol. The third kappa shape index (κ3) is 3.84. The van der Waals surface area contributed by atoms with Crippen LogP contribution in [0.4, 0.5) is 0 Å². The third-order valence-electron chi connectivity index (χ3n) is 3.73. The lowest BCUT2D eigenvalue weighted by Gasteiger charge is -2.32.